The molecule has 21 heavy (non-hydrogen) atoms. The lowest BCUT2D eigenvalue weighted by Crippen LogP contribution is -2.58. The van der Waals surface area contributed by atoms with Gasteiger partial charge in [-0.15, -0.1) is 0 Å². The monoisotopic (exact) mass is 299 g/mol. The van der Waals surface area contributed by atoms with Gasteiger partial charge in [0.15, 0.2) is 0 Å². The number of urea groups is 1. The van der Waals surface area contributed by atoms with E-state index in [1.165, 1.54) is 4.90 Å². The fraction of sp³-hybridized carbons (Fsp3) is 0.867. The average Bonchev–Trinajstić information content (AvgIpc) is 2.81. The van der Waals surface area contributed by atoms with Crippen LogP contribution in [0.3, 0.4) is 0 Å². The lowest BCUT2D eigenvalue weighted by atomic mass is 9.91. The van der Waals surface area contributed by atoms with Crippen LogP contribution < -0.4 is 5.32 Å². The standard InChI is InChI=1S/C15H29N3O3/c1-6-8-15(12(19)20)9-7-10-18(15)13(21)16-11-14(2,3)17(4)5/h6-11H2,1-5H3,(H,16,21)(H,19,20). The first-order valence-electron chi connectivity index (χ1n) is 7.63. The number of carboxylic acid groups (broad SMARTS) is 1. The van der Waals surface area contributed by atoms with Gasteiger partial charge in [0.1, 0.15) is 5.54 Å². The third-order valence-electron chi connectivity index (χ3n) is 4.68. The van der Waals surface area contributed by atoms with E-state index in [1.54, 1.807) is 0 Å². The first kappa shape index (κ1) is 17.8. The van der Waals surface area contributed by atoms with E-state index in [9.17, 15) is 14.7 Å². The number of aliphatic carboxylic acids is 1. The Morgan fingerprint density at radius 1 is 1.38 bits per heavy atom. The number of likely N-dealkylation sites (tertiary alicyclic amines) is 1. The second kappa shape index (κ2) is 6.64. The van der Waals surface area contributed by atoms with Crippen molar-refractivity contribution in [2.24, 2.45) is 0 Å². The number of amides is 2. The van der Waals surface area contributed by atoms with E-state index in [2.05, 4.69) is 5.32 Å². The van der Waals surface area contributed by atoms with Crippen molar-refractivity contribution >= 4 is 12.0 Å². The maximum absolute atomic E-state index is 12.4. The van der Waals surface area contributed by atoms with E-state index in [-0.39, 0.29) is 11.6 Å². The third kappa shape index (κ3) is 3.67. The third-order valence-corrected chi connectivity index (χ3v) is 4.68. The summed E-state index contributed by atoms with van der Waals surface area (Å²) in [7, 11) is 3.92. The van der Waals surface area contributed by atoms with Gasteiger partial charge in [-0.3, -0.25) is 0 Å². The average molecular weight is 299 g/mol. The summed E-state index contributed by atoms with van der Waals surface area (Å²) in [6.07, 6.45) is 2.55. The van der Waals surface area contributed by atoms with Gasteiger partial charge in [-0.2, -0.15) is 0 Å². The summed E-state index contributed by atoms with van der Waals surface area (Å²) >= 11 is 0. The van der Waals surface area contributed by atoms with Crippen LogP contribution in [0, 0.1) is 0 Å². The molecule has 0 radical (unpaired) electrons. The SMILES string of the molecule is CCCC1(C(=O)O)CCCN1C(=O)NCC(C)(C)N(C)C. The molecule has 122 valence electrons. The summed E-state index contributed by atoms with van der Waals surface area (Å²) in [6.45, 7) is 7.02. The lowest BCUT2D eigenvalue weighted by molar-refractivity contribution is -0.148. The van der Waals surface area contributed by atoms with Crippen molar-refractivity contribution in [3.05, 3.63) is 0 Å². The van der Waals surface area contributed by atoms with E-state index < -0.39 is 11.5 Å². The van der Waals surface area contributed by atoms with Crippen molar-refractivity contribution < 1.29 is 14.7 Å². The van der Waals surface area contributed by atoms with E-state index in [0.29, 0.717) is 25.9 Å². The molecule has 1 heterocycles. The summed E-state index contributed by atoms with van der Waals surface area (Å²) in [6, 6.07) is -0.265. The zero-order chi connectivity index (χ0) is 16.3. The summed E-state index contributed by atoms with van der Waals surface area (Å²) in [5, 5.41) is 12.5. The van der Waals surface area contributed by atoms with Gasteiger partial charge in [0.2, 0.25) is 0 Å². The minimum absolute atomic E-state index is 0.175. The smallest absolute Gasteiger partial charge is 0.329 e. The normalized spacial score (nSPS) is 22.7. The Morgan fingerprint density at radius 3 is 2.48 bits per heavy atom. The van der Waals surface area contributed by atoms with Crippen LogP contribution in [-0.2, 0) is 4.79 Å². The molecule has 2 amide bonds. The molecule has 0 bridgehead atoms. The molecule has 1 saturated heterocycles. The summed E-state index contributed by atoms with van der Waals surface area (Å²) in [5.74, 6) is -0.885. The quantitative estimate of drug-likeness (QED) is 0.784. The van der Waals surface area contributed by atoms with Crippen LogP contribution in [0.2, 0.25) is 0 Å². The number of carbonyl (C=O) groups is 2. The largest absolute Gasteiger partial charge is 0.479 e. The zero-order valence-electron chi connectivity index (χ0n) is 13.9. The molecular weight excluding hydrogens is 270 g/mol. The minimum atomic E-state index is -1.03. The molecule has 1 unspecified atom stereocenters. The number of nitrogens with one attached hydrogen (secondary N) is 1. The molecule has 0 saturated carbocycles. The molecule has 6 heteroatoms. The van der Waals surface area contributed by atoms with Crippen molar-refractivity contribution in [3.63, 3.8) is 0 Å². The van der Waals surface area contributed by atoms with Crippen LogP contribution >= 0.6 is 0 Å². The molecule has 2 N–H and O–H groups in total. The van der Waals surface area contributed by atoms with E-state index in [0.717, 1.165) is 12.8 Å². The highest BCUT2D eigenvalue weighted by Gasteiger charge is 2.49. The maximum atomic E-state index is 12.4. The molecule has 1 fully saturated rings. The van der Waals surface area contributed by atoms with E-state index >= 15 is 0 Å². The number of hydrogen-bond acceptors (Lipinski definition) is 3. The van der Waals surface area contributed by atoms with E-state index in [1.807, 2.05) is 39.8 Å². The van der Waals surface area contributed by atoms with Crippen LogP contribution in [-0.4, -0.2) is 65.2 Å². The first-order valence-corrected chi connectivity index (χ1v) is 7.63. The predicted octanol–water partition coefficient (Wildman–Crippen LogP) is 1.76. The molecule has 0 aliphatic carbocycles. The fourth-order valence-electron chi connectivity index (χ4n) is 2.72. The van der Waals surface area contributed by atoms with Crippen molar-refractivity contribution in [1.29, 1.82) is 0 Å². The maximum Gasteiger partial charge on any atom is 0.329 e. The highest BCUT2D eigenvalue weighted by atomic mass is 16.4. The molecule has 1 atom stereocenters. The number of carboxylic acids is 1. The Morgan fingerprint density at radius 2 is 2.00 bits per heavy atom. The van der Waals surface area contributed by atoms with Gasteiger partial charge >= 0.3 is 12.0 Å². The van der Waals surface area contributed by atoms with Gasteiger partial charge in [0.05, 0.1) is 0 Å². The molecule has 0 aromatic heterocycles. The number of nitrogens with zero attached hydrogens (tertiary/aromatic N) is 2. The molecule has 0 spiro atoms. The minimum Gasteiger partial charge on any atom is -0.479 e. The molecule has 1 aliphatic rings. The molecule has 6 nitrogen and oxygen atoms in total. The number of rotatable bonds is 6. The van der Waals surface area contributed by atoms with Gasteiger partial charge in [-0.05, 0) is 47.2 Å². The van der Waals surface area contributed by atoms with Gasteiger partial charge < -0.3 is 20.2 Å². The Bertz CT molecular complexity index is 396. The highest BCUT2D eigenvalue weighted by molar-refractivity contribution is 5.87. The topological polar surface area (TPSA) is 72.9 Å². The van der Waals surface area contributed by atoms with Gasteiger partial charge in [0.25, 0.3) is 0 Å². The van der Waals surface area contributed by atoms with Crippen molar-refractivity contribution in [1.82, 2.24) is 15.1 Å². The first-order chi connectivity index (χ1) is 9.67. The highest BCUT2D eigenvalue weighted by Crippen LogP contribution is 2.34. The van der Waals surface area contributed by atoms with Gasteiger partial charge in [-0.25, -0.2) is 9.59 Å². The van der Waals surface area contributed by atoms with Gasteiger partial charge in [-0.1, -0.05) is 13.3 Å². The summed E-state index contributed by atoms with van der Waals surface area (Å²) in [4.78, 5) is 27.7. The van der Waals surface area contributed by atoms with Crippen LogP contribution in [0.15, 0.2) is 0 Å². The predicted molar refractivity (Wildman–Crippen MR) is 82.4 cm³/mol. The van der Waals surface area contributed by atoms with Crippen LogP contribution in [0.4, 0.5) is 4.79 Å². The Balaban J connectivity index is 2.78. The van der Waals surface area contributed by atoms with Crippen LogP contribution in [0.5, 0.6) is 0 Å². The molecule has 0 aromatic carbocycles. The molecule has 1 aliphatic heterocycles. The lowest BCUT2D eigenvalue weighted by Gasteiger charge is -2.37. The molecular formula is C15H29N3O3. The number of carbonyl (C=O) groups excluding carboxylic acids is 1. The number of hydrogen-bond donors (Lipinski definition) is 2. The second-order valence-corrected chi connectivity index (χ2v) is 6.71. The van der Waals surface area contributed by atoms with Crippen molar-refractivity contribution in [3.8, 4) is 0 Å². The zero-order valence-corrected chi connectivity index (χ0v) is 13.9. The van der Waals surface area contributed by atoms with Crippen LogP contribution in [0.25, 0.3) is 0 Å². The van der Waals surface area contributed by atoms with Crippen LogP contribution in [0.1, 0.15) is 46.5 Å². The Hall–Kier alpha value is -1.30. The Labute approximate surface area is 127 Å². The van der Waals surface area contributed by atoms with Gasteiger partial charge in [0, 0.05) is 18.6 Å². The second-order valence-electron chi connectivity index (χ2n) is 6.71. The van der Waals surface area contributed by atoms with Crippen molar-refractivity contribution in [2.45, 2.75) is 57.5 Å². The van der Waals surface area contributed by atoms with Crippen molar-refractivity contribution in [2.75, 3.05) is 27.2 Å². The molecule has 0 aromatic rings. The fourth-order valence-corrected chi connectivity index (χ4v) is 2.72. The molecule has 1 rings (SSSR count). The Kier molecular flexibility index (Phi) is 5.61. The number of likely N-dealkylation sites (N-methyl/N-ethyl adjacent to an activating group) is 1. The van der Waals surface area contributed by atoms with E-state index in [4.69, 9.17) is 0 Å². The summed E-state index contributed by atoms with van der Waals surface area (Å²) < 4.78 is 0. The summed E-state index contributed by atoms with van der Waals surface area (Å²) in [5.41, 5.74) is -1.20.